The first-order valence-corrected chi connectivity index (χ1v) is 6.44. The van der Waals surface area contributed by atoms with Crippen LogP contribution < -0.4 is 10.9 Å². The molecule has 0 aliphatic heterocycles. The van der Waals surface area contributed by atoms with Gasteiger partial charge in [0.2, 0.25) is 0 Å². The van der Waals surface area contributed by atoms with Gasteiger partial charge in [0.25, 0.3) is 5.56 Å². The summed E-state index contributed by atoms with van der Waals surface area (Å²) >= 11 is 6.06. The fourth-order valence-corrected chi connectivity index (χ4v) is 1.75. The van der Waals surface area contributed by atoms with E-state index in [1.165, 1.54) is 17.2 Å². The summed E-state index contributed by atoms with van der Waals surface area (Å²) in [5.41, 5.74) is 0.172. The minimum Gasteiger partial charge on any atom is -0.375 e. The molecule has 0 amide bonds. The van der Waals surface area contributed by atoms with Crippen molar-refractivity contribution < 1.29 is 0 Å². The number of likely N-dealkylation sites (N-methyl/N-ethyl adjacent to an activating group) is 1. The van der Waals surface area contributed by atoms with Crippen LogP contribution in [-0.4, -0.2) is 50.5 Å². The predicted molar refractivity (Wildman–Crippen MR) is 75.8 cm³/mol. The number of nitrogens with zero attached hydrogens (tertiary/aromatic N) is 5. The highest BCUT2D eigenvalue weighted by Crippen LogP contribution is 2.15. The summed E-state index contributed by atoms with van der Waals surface area (Å²) < 4.78 is 1.35. The number of anilines is 1. The van der Waals surface area contributed by atoms with Gasteiger partial charge in [0.05, 0.1) is 25.0 Å². The molecule has 9 heteroatoms. The van der Waals surface area contributed by atoms with Gasteiger partial charge in [0.1, 0.15) is 17.2 Å². The van der Waals surface area contributed by atoms with Crippen molar-refractivity contribution in [2.45, 2.75) is 13.1 Å². The van der Waals surface area contributed by atoms with Crippen molar-refractivity contribution in [1.82, 2.24) is 29.9 Å². The standard InChI is InChI=1S/C11H16ClN7O/c1-18(2)3-4-19-11(20)10(12)8(5-16-19)13-6-9-14-7-15-17-9/h5,7,13H,3-4,6H2,1-2H3,(H,14,15,17). The topological polar surface area (TPSA) is 91.7 Å². The second kappa shape index (κ2) is 6.49. The normalized spacial score (nSPS) is 11.0. The van der Waals surface area contributed by atoms with Crippen molar-refractivity contribution in [3.63, 3.8) is 0 Å². The summed E-state index contributed by atoms with van der Waals surface area (Å²) in [6.07, 6.45) is 2.95. The average Bonchev–Trinajstić information content (AvgIpc) is 2.92. The maximum absolute atomic E-state index is 12.0. The molecule has 108 valence electrons. The van der Waals surface area contributed by atoms with Crippen LogP contribution in [0.1, 0.15) is 5.82 Å². The van der Waals surface area contributed by atoms with Gasteiger partial charge in [0.15, 0.2) is 0 Å². The molecule has 2 aromatic heterocycles. The van der Waals surface area contributed by atoms with E-state index in [1.807, 2.05) is 19.0 Å². The van der Waals surface area contributed by atoms with E-state index in [9.17, 15) is 4.79 Å². The highest BCUT2D eigenvalue weighted by molar-refractivity contribution is 6.32. The fourth-order valence-electron chi connectivity index (χ4n) is 1.54. The zero-order valence-corrected chi connectivity index (χ0v) is 12.1. The Bertz CT molecular complexity index is 608. The molecule has 0 radical (unpaired) electrons. The van der Waals surface area contributed by atoms with Gasteiger partial charge in [-0.2, -0.15) is 10.2 Å². The highest BCUT2D eigenvalue weighted by atomic mass is 35.5. The molecular formula is C11H16ClN7O. The van der Waals surface area contributed by atoms with Crippen LogP contribution in [0.3, 0.4) is 0 Å². The third-order valence-electron chi connectivity index (χ3n) is 2.66. The Morgan fingerprint density at radius 2 is 2.30 bits per heavy atom. The molecule has 0 saturated carbocycles. The quantitative estimate of drug-likeness (QED) is 0.791. The lowest BCUT2D eigenvalue weighted by atomic mass is 10.4. The lowest BCUT2D eigenvalue weighted by molar-refractivity contribution is 0.367. The molecule has 0 saturated heterocycles. The van der Waals surface area contributed by atoms with Crippen LogP contribution in [0.4, 0.5) is 5.69 Å². The minimum absolute atomic E-state index is 0.123. The number of nitrogens with one attached hydrogen (secondary N) is 2. The largest absolute Gasteiger partial charge is 0.375 e. The van der Waals surface area contributed by atoms with E-state index >= 15 is 0 Å². The first-order valence-electron chi connectivity index (χ1n) is 6.06. The number of hydrogen-bond donors (Lipinski definition) is 2. The average molecular weight is 298 g/mol. The van der Waals surface area contributed by atoms with Crippen molar-refractivity contribution >= 4 is 17.3 Å². The Labute approximate surface area is 120 Å². The second-order valence-corrected chi connectivity index (χ2v) is 4.87. The van der Waals surface area contributed by atoms with Gasteiger partial charge in [-0.25, -0.2) is 9.67 Å². The van der Waals surface area contributed by atoms with Crippen LogP contribution >= 0.6 is 11.6 Å². The van der Waals surface area contributed by atoms with Gasteiger partial charge in [-0.05, 0) is 14.1 Å². The molecule has 0 aliphatic carbocycles. The lowest BCUT2D eigenvalue weighted by Crippen LogP contribution is -2.29. The van der Waals surface area contributed by atoms with Gasteiger partial charge in [-0.1, -0.05) is 11.6 Å². The number of H-pyrrole nitrogens is 1. The predicted octanol–water partition coefficient (Wildman–Crippen LogP) is 0.189. The summed E-state index contributed by atoms with van der Waals surface area (Å²) in [6, 6.07) is 0. The summed E-state index contributed by atoms with van der Waals surface area (Å²) in [6.45, 7) is 1.60. The van der Waals surface area contributed by atoms with Crippen molar-refractivity contribution in [2.75, 3.05) is 26.0 Å². The Hall–Kier alpha value is -1.93. The van der Waals surface area contributed by atoms with Crippen LogP contribution in [0.15, 0.2) is 17.3 Å². The number of aromatic nitrogens is 5. The van der Waals surface area contributed by atoms with Crippen LogP contribution in [0.25, 0.3) is 0 Å². The maximum Gasteiger partial charge on any atom is 0.287 e. The first kappa shape index (κ1) is 14.5. The van der Waals surface area contributed by atoms with Crippen molar-refractivity contribution in [2.24, 2.45) is 0 Å². The van der Waals surface area contributed by atoms with Crippen molar-refractivity contribution in [3.8, 4) is 0 Å². The molecule has 2 aromatic rings. The van der Waals surface area contributed by atoms with E-state index in [-0.39, 0.29) is 10.6 Å². The Morgan fingerprint density at radius 3 is 2.95 bits per heavy atom. The molecule has 2 heterocycles. The van der Waals surface area contributed by atoms with E-state index in [1.54, 1.807) is 0 Å². The number of hydrogen-bond acceptors (Lipinski definition) is 6. The van der Waals surface area contributed by atoms with E-state index in [2.05, 4.69) is 25.6 Å². The maximum atomic E-state index is 12.0. The number of aromatic amines is 1. The SMILES string of the molecule is CN(C)CCn1ncc(NCc2ncn[nH]2)c(Cl)c1=O. The third kappa shape index (κ3) is 3.55. The minimum atomic E-state index is -0.309. The van der Waals surface area contributed by atoms with Crippen LogP contribution in [0.5, 0.6) is 0 Å². The van der Waals surface area contributed by atoms with E-state index in [0.717, 1.165) is 0 Å². The summed E-state index contributed by atoms with van der Waals surface area (Å²) in [5.74, 6) is 0.651. The third-order valence-corrected chi connectivity index (χ3v) is 3.02. The summed E-state index contributed by atoms with van der Waals surface area (Å²) in [5, 5.41) is 13.7. The number of rotatable bonds is 6. The van der Waals surface area contributed by atoms with Gasteiger partial charge >= 0.3 is 0 Å². The molecule has 2 N–H and O–H groups in total. The molecule has 20 heavy (non-hydrogen) atoms. The molecule has 8 nitrogen and oxygen atoms in total. The summed E-state index contributed by atoms with van der Waals surface area (Å²) in [7, 11) is 3.86. The van der Waals surface area contributed by atoms with Crippen molar-refractivity contribution in [3.05, 3.63) is 33.7 Å². The van der Waals surface area contributed by atoms with E-state index < -0.39 is 0 Å². The van der Waals surface area contributed by atoms with Gasteiger partial charge in [0, 0.05) is 6.54 Å². The van der Waals surface area contributed by atoms with Gasteiger partial charge in [-0.3, -0.25) is 9.89 Å². The summed E-state index contributed by atoms with van der Waals surface area (Å²) in [4.78, 5) is 18.0. The van der Waals surface area contributed by atoms with E-state index in [0.29, 0.717) is 31.1 Å². The van der Waals surface area contributed by atoms with E-state index in [4.69, 9.17) is 11.6 Å². The molecule has 0 unspecified atom stereocenters. The highest BCUT2D eigenvalue weighted by Gasteiger charge is 2.09. The fraction of sp³-hybridized carbons (Fsp3) is 0.455. The molecule has 0 aliphatic rings. The number of halogens is 1. The zero-order chi connectivity index (χ0) is 14.5. The molecule has 0 aromatic carbocycles. The lowest BCUT2D eigenvalue weighted by Gasteiger charge is -2.12. The second-order valence-electron chi connectivity index (χ2n) is 4.49. The Balaban J connectivity index is 2.08. The molecule has 0 spiro atoms. The van der Waals surface area contributed by atoms with Crippen LogP contribution in [0.2, 0.25) is 5.02 Å². The van der Waals surface area contributed by atoms with Crippen LogP contribution in [-0.2, 0) is 13.1 Å². The zero-order valence-electron chi connectivity index (χ0n) is 11.3. The molecule has 0 fully saturated rings. The molecule has 0 bridgehead atoms. The first-order chi connectivity index (χ1) is 9.58. The molecule has 0 atom stereocenters. The Morgan fingerprint density at radius 1 is 1.50 bits per heavy atom. The van der Waals surface area contributed by atoms with Gasteiger partial charge in [-0.15, -0.1) is 0 Å². The molecular weight excluding hydrogens is 282 g/mol. The van der Waals surface area contributed by atoms with Crippen molar-refractivity contribution in [1.29, 1.82) is 0 Å². The van der Waals surface area contributed by atoms with Gasteiger partial charge < -0.3 is 10.2 Å². The molecule has 2 rings (SSSR count). The smallest absolute Gasteiger partial charge is 0.287 e. The Kier molecular flexibility index (Phi) is 4.70. The van der Waals surface area contributed by atoms with Crippen LogP contribution in [0, 0.1) is 0 Å². The monoisotopic (exact) mass is 297 g/mol.